The smallest absolute Gasteiger partial charge is 0.152 e. The second-order valence-electron chi connectivity index (χ2n) is 2.97. The third kappa shape index (κ3) is 2.63. The molecule has 1 atom stereocenters. The first-order valence-corrected chi connectivity index (χ1v) is 4.07. The Labute approximate surface area is 79.4 Å². The van der Waals surface area contributed by atoms with Crippen molar-refractivity contribution in [3.05, 3.63) is 29.6 Å². The van der Waals surface area contributed by atoms with E-state index in [-0.39, 0.29) is 6.54 Å². The highest BCUT2D eigenvalue weighted by Crippen LogP contribution is 2.19. The van der Waals surface area contributed by atoms with Gasteiger partial charge in [0.25, 0.3) is 0 Å². The molecular formula is C9H10F3NO. The number of anilines is 1. The summed E-state index contributed by atoms with van der Waals surface area (Å²) in [5.74, 6) is -2.99. The molecule has 0 fully saturated rings. The first-order valence-electron chi connectivity index (χ1n) is 4.07. The fourth-order valence-electron chi connectivity index (χ4n) is 0.961. The Bertz CT molecular complexity index is 305. The maximum absolute atomic E-state index is 12.9. The van der Waals surface area contributed by atoms with E-state index in [1.54, 1.807) is 0 Å². The lowest BCUT2D eigenvalue weighted by Crippen LogP contribution is -2.17. The molecule has 0 bridgehead atoms. The van der Waals surface area contributed by atoms with E-state index in [0.717, 1.165) is 0 Å². The number of hydrogen-bond acceptors (Lipinski definition) is 2. The number of hydrogen-bond donors (Lipinski definition) is 2. The lowest BCUT2D eigenvalue weighted by Gasteiger charge is -2.10. The minimum Gasteiger partial charge on any atom is -0.392 e. The van der Waals surface area contributed by atoms with Crippen LogP contribution in [0.1, 0.15) is 6.92 Å². The molecular weight excluding hydrogens is 195 g/mol. The second kappa shape index (κ2) is 4.32. The summed E-state index contributed by atoms with van der Waals surface area (Å²) in [5, 5.41) is 11.2. The monoisotopic (exact) mass is 205 g/mol. The van der Waals surface area contributed by atoms with Crippen molar-refractivity contribution >= 4 is 5.69 Å². The quantitative estimate of drug-likeness (QED) is 0.789. The third-order valence-corrected chi connectivity index (χ3v) is 1.58. The Kier molecular flexibility index (Phi) is 3.35. The Morgan fingerprint density at radius 3 is 2.21 bits per heavy atom. The summed E-state index contributed by atoms with van der Waals surface area (Å²) in [5.41, 5.74) is -0.424. The normalized spacial score (nSPS) is 12.6. The summed E-state index contributed by atoms with van der Waals surface area (Å²) in [6.07, 6.45) is -0.737. The molecule has 1 aromatic carbocycles. The first kappa shape index (κ1) is 10.8. The number of aliphatic hydroxyl groups excluding tert-OH is 1. The fraction of sp³-hybridized carbons (Fsp3) is 0.333. The lowest BCUT2D eigenvalue weighted by atomic mass is 10.2. The molecule has 0 saturated carbocycles. The van der Waals surface area contributed by atoms with Gasteiger partial charge >= 0.3 is 0 Å². The topological polar surface area (TPSA) is 32.3 Å². The second-order valence-corrected chi connectivity index (χ2v) is 2.97. The van der Waals surface area contributed by atoms with Crippen molar-refractivity contribution in [2.75, 3.05) is 11.9 Å². The number of benzene rings is 1. The van der Waals surface area contributed by atoms with Gasteiger partial charge < -0.3 is 10.4 Å². The predicted molar refractivity (Wildman–Crippen MR) is 46.5 cm³/mol. The van der Waals surface area contributed by atoms with Gasteiger partial charge in [0.15, 0.2) is 11.6 Å². The fourth-order valence-corrected chi connectivity index (χ4v) is 0.961. The van der Waals surface area contributed by atoms with Crippen LogP contribution in [0.15, 0.2) is 12.1 Å². The summed E-state index contributed by atoms with van der Waals surface area (Å²) < 4.78 is 38.3. The zero-order chi connectivity index (χ0) is 10.7. The summed E-state index contributed by atoms with van der Waals surface area (Å²) in [6, 6.07) is 1.15. The molecule has 0 aliphatic carbocycles. The molecule has 1 aromatic rings. The van der Waals surface area contributed by atoms with E-state index in [1.165, 1.54) is 6.92 Å². The lowest BCUT2D eigenvalue weighted by molar-refractivity contribution is 0.208. The molecule has 0 aliphatic heterocycles. The van der Waals surface area contributed by atoms with Gasteiger partial charge in [0.1, 0.15) is 11.5 Å². The van der Waals surface area contributed by atoms with E-state index >= 15 is 0 Å². The van der Waals surface area contributed by atoms with Gasteiger partial charge in [-0.25, -0.2) is 13.2 Å². The van der Waals surface area contributed by atoms with Gasteiger partial charge in [-0.05, 0) is 6.92 Å². The molecule has 0 aliphatic rings. The van der Waals surface area contributed by atoms with Crippen LogP contribution in [0.4, 0.5) is 18.9 Å². The van der Waals surface area contributed by atoms with E-state index in [2.05, 4.69) is 5.32 Å². The van der Waals surface area contributed by atoms with Crippen LogP contribution in [0.2, 0.25) is 0 Å². The van der Waals surface area contributed by atoms with Gasteiger partial charge in [-0.1, -0.05) is 0 Å². The molecule has 0 saturated heterocycles. The van der Waals surface area contributed by atoms with Crippen LogP contribution in [0.5, 0.6) is 0 Å². The third-order valence-electron chi connectivity index (χ3n) is 1.58. The molecule has 2 N–H and O–H groups in total. The molecule has 0 amide bonds. The van der Waals surface area contributed by atoms with Crippen LogP contribution < -0.4 is 5.32 Å². The average Bonchev–Trinajstić information content (AvgIpc) is 2.01. The predicted octanol–water partition coefficient (Wildman–Crippen LogP) is 1.90. The van der Waals surface area contributed by atoms with E-state index in [1.807, 2.05) is 0 Å². The Morgan fingerprint density at radius 1 is 1.29 bits per heavy atom. The first-order chi connectivity index (χ1) is 6.50. The van der Waals surface area contributed by atoms with Crippen molar-refractivity contribution in [1.82, 2.24) is 0 Å². The van der Waals surface area contributed by atoms with Gasteiger partial charge in [-0.2, -0.15) is 0 Å². The van der Waals surface area contributed by atoms with Crippen LogP contribution in [-0.4, -0.2) is 17.8 Å². The van der Waals surface area contributed by atoms with E-state index in [0.29, 0.717) is 12.1 Å². The highest BCUT2D eigenvalue weighted by Gasteiger charge is 2.11. The number of nitrogens with one attached hydrogen (secondary N) is 1. The van der Waals surface area contributed by atoms with Crippen molar-refractivity contribution < 1.29 is 18.3 Å². The molecule has 1 rings (SSSR count). The van der Waals surface area contributed by atoms with Crippen LogP contribution in [-0.2, 0) is 0 Å². The molecule has 78 valence electrons. The standard InChI is InChI=1S/C9H10F3NO/c1-5(14)4-13-9-7(11)2-6(10)3-8(9)12/h2-3,5,13-14H,4H2,1H3/t5-/m1/s1. The minimum atomic E-state index is -1.01. The Morgan fingerprint density at radius 2 is 1.79 bits per heavy atom. The number of halogens is 3. The van der Waals surface area contributed by atoms with Gasteiger partial charge in [0.05, 0.1) is 6.10 Å². The molecule has 0 spiro atoms. The highest BCUT2D eigenvalue weighted by atomic mass is 19.1. The van der Waals surface area contributed by atoms with Crippen molar-refractivity contribution in [1.29, 1.82) is 0 Å². The van der Waals surface area contributed by atoms with Crippen LogP contribution in [0, 0.1) is 17.5 Å². The van der Waals surface area contributed by atoms with Crippen LogP contribution in [0.3, 0.4) is 0 Å². The largest absolute Gasteiger partial charge is 0.392 e. The minimum absolute atomic E-state index is 0.000523. The van der Waals surface area contributed by atoms with Crippen molar-refractivity contribution in [2.45, 2.75) is 13.0 Å². The van der Waals surface area contributed by atoms with Gasteiger partial charge in [-0.15, -0.1) is 0 Å². The summed E-state index contributed by atoms with van der Waals surface area (Å²) >= 11 is 0. The van der Waals surface area contributed by atoms with Gasteiger partial charge in [-0.3, -0.25) is 0 Å². The molecule has 0 radical (unpaired) electrons. The Balaban J connectivity index is 2.86. The van der Waals surface area contributed by atoms with Gasteiger partial charge in [0, 0.05) is 18.7 Å². The van der Waals surface area contributed by atoms with Crippen LogP contribution >= 0.6 is 0 Å². The SMILES string of the molecule is C[C@@H](O)CNc1c(F)cc(F)cc1F. The van der Waals surface area contributed by atoms with Crippen LogP contribution in [0.25, 0.3) is 0 Å². The summed E-state index contributed by atoms with van der Waals surface area (Å²) in [7, 11) is 0. The molecule has 0 unspecified atom stereocenters. The molecule has 2 nitrogen and oxygen atoms in total. The maximum atomic E-state index is 12.9. The number of rotatable bonds is 3. The van der Waals surface area contributed by atoms with Crippen molar-refractivity contribution in [2.24, 2.45) is 0 Å². The number of aliphatic hydroxyl groups is 1. The van der Waals surface area contributed by atoms with E-state index in [4.69, 9.17) is 5.11 Å². The zero-order valence-corrected chi connectivity index (χ0v) is 7.52. The van der Waals surface area contributed by atoms with Crippen molar-refractivity contribution in [3.63, 3.8) is 0 Å². The van der Waals surface area contributed by atoms with E-state index in [9.17, 15) is 13.2 Å². The van der Waals surface area contributed by atoms with E-state index < -0.39 is 29.2 Å². The average molecular weight is 205 g/mol. The maximum Gasteiger partial charge on any atom is 0.152 e. The summed E-state index contributed by atoms with van der Waals surface area (Å²) in [4.78, 5) is 0. The highest BCUT2D eigenvalue weighted by molar-refractivity contribution is 5.46. The molecule has 0 aromatic heterocycles. The zero-order valence-electron chi connectivity index (χ0n) is 7.52. The molecule has 5 heteroatoms. The summed E-state index contributed by atoms with van der Waals surface area (Å²) in [6.45, 7) is 1.46. The molecule has 0 heterocycles. The van der Waals surface area contributed by atoms with Gasteiger partial charge in [0.2, 0.25) is 0 Å². The van der Waals surface area contributed by atoms with Crippen molar-refractivity contribution in [3.8, 4) is 0 Å². The Hall–Kier alpha value is -1.23. The molecule has 14 heavy (non-hydrogen) atoms.